The summed E-state index contributed by atoms with van der Waals surface area (Å²) in [6.45, 7) is 0. The topological polar surface area (TPSA) is 96.6 Å². The van der Waals surface area contributed by atoms with Crippen molar-refractivity contribution in [2.45, 2.75) is 48.8 Å². The van der Waals surface area contributed by atoms with Crippen molar-refractivity contribution in [3.05, 3.63) is 65.4 Å². The molecule has 1 aromatic heterocycles. The molecule has 1 aliphatic rings. The number of thioether (sulfide) groups is 1. The Morgan fingerprint density at radius 2 is 1.87 bits per heavy atom. The quantitative estimate of drug-likeness (QED) is 0.461. The Morgan fingerprint density at radius 3 is 2.65 bits per heavy atom. The molecule has 1 atom stereocenters. The van der Waals surface area contributed by atoms with E-state index in [0.29, 0.717) is 16.7 Å². The maximum absolute atomic E-state index is 13.2. The fourth-order valence-corrected chi connectivity index (χ4v) is 6.40. The molecule has 0 radical (unpaired) electrons. The van der Waals surface area contributed by atoms with E-state index >= 15 is 0 Å². The molecule has 0 spiro atoms. The van der Waals surface area contributed by atoms with E-state index in [2.05, 4.69) is 4.72 Å². The number of carboxylic acids is 1. The van der Waals surface area contributed by atoms with Crippen LogP contribution in [0.1, 0.15) is 36.1 Å². The monoisotopic (exact) mass is 459 g/mol. The first-order valence-electron chi connectivity index (χ1n) is 10.4. The lowest BCUT2D eigenvalue weighted by atomic mass is 9.96. The third-order valence-electron chi connectivity index (χ3n) is 5.49. The molecular formula is C23H25NO5S2. The number of fused-ring (bicyclic) bond motifs is 3. The minimum Gasteiger partial charge on any atom is -0.480 e. The van der Waals surface area contributed by atoms with Gasteiger partial charge in [-0.2, -0.15) is 16.5 Å². The van der Waals surface area contributed by atoms with E-state index < -0.39 is 22.0 Å². The van der Waals surface area contributed by atoms with Crippen molar-refractivity contribution < 1.29 is 22.7 Å². The van der Waals surface area contributed by atoms with Crippen LogP contribution in [0.4, 0.5) is 0 Å². The molecule has 31 heavy (non-hydrogen) atoms. The van der Waals surface area contributed by atoms with Crippen LogP contribution in [0.25, 0.3) is 11.0 Å². The molecule has 0 saturated heterocycles. The summed E-state index contributed by atoms with van der Waals surface area (Å²) in [6, 6.07) is 13.6. The van der Waals surface area contributed by atoms with Gasteiger partial charge in [-0.15, -0.1) is 0 Å². The summed E-state index contributed by atoms with van der Waals surface area (Å²) in [4.78, 5) is 11.9. The van der Waals surface area contributed by atoms with Crippen molar-refractivity contribution in [1.82, 2.24) is 4.72 Å². The molecule has 1 aliphatic carbocycles. The average molecular weight is 460 g/mol. The lowest BCUT2D eigenvalue weighted by Crippen LogP contribution is -2.41. The summed E-state index contributed by atoms with van der Waals surface area (Å²) in [5, 5.41) is 10.2. The van der Waals surface area contributed by atoms with Crippen molar-refractivity contribution in [2.75, 3.05) is 5.75 Å². The Labute approximate surface area is 186 Å². The number of hydrogen-bond donors (Lipinski definition) is 2. The van der Waals surface area contributed by atoms with E-state index in [1.807, 2.05) is 30.3 Å². The van der Waals surface area contributed by atoms with Gasteiger partial charge < -0.3 is 9.52 Å². The fourth-order valence-electron chi connectivity index (χ4n) is 3.95. The van der Waals surface area contributed by atoms with E-state index in [-0.39, 0.29) is 11.3 Å². The van der Waals surface area contributed by atoms with Crippen molar-refractivity contribution in [2.24, 2.45) is 0 Å². The minimum absolute atomic E-state index is 0.0973. The largest absolute Gasteiger partial charge is 0.480 e. The van der Waals surface area contributed by atoms with Crippen LogP contribution >= 0.6 is 11.8 Å². The molecule has 0 bridgehead atoms. The molecule has 0 aliphatic heterocycles. The molecule has 0 amide bonds. The molecule has 1 heterocycles. The van der Waals surface area contributed by atoms with E-state index in [1.165, 1.54) is 6.07 Å². The molecule has 2 N–H and O–H groups in total. The molecule has 0 unspecified atom stereocenters. The molecule has 4 rings (SSSR count). The van der Waals surface area contributed by atoms with Crippen LogP contribution in [0.15, 0.2) is 57.8 Å². The van der Waals surface area contributed by atoms with Crippen molar-refractivity contribution in [1.29, 1.82) is 0 Å². The Kier molecular flexibility index (Phi) is 6.69. The first-order chi connectivity index (χ1) is 15.0. The SMILES string of the molecule is O=C(O)[C@@H](CCSCc1ccccc1)NS(=O)(=O)c1cccc2oc3c(c12)CCCC3. The van der Waals surface area contributed by atoms with Crippen molar-refractivity contribution in [3.8, 4) is 0 Å². The molecule has 6 nitrogen and oxygen atoms in total. The first-order valence-corrected chi connectivity index (χ1v) is 13.0. The van der Waals surface area contributed by atoms with Gasteiger partial charge in [0, 0.05) is 23.1 Å². The van der Waals surface area contributed by atoms with Gasteiger partial charge in [-0.3, -0.25) is 4.79 Å². The third-order valence-corrected chi connectivity index (χ3v) is 8.06. The van der Waals surface area contributed by atoms with Crippen LogP contribution in [-0.2, 0) is 33.4 Å². The van der Waals surface area contributed by atoms with Crippen LogP contribution < -0.4 is 4.72 Å². The van der Waals surface area contributed by atoms with Gasteiger partial charge in [0.25, 0.3) is 0 Å². The Bertz CT molecular complexity index is 1170. The van der Waals surface area contributed by atoms with Gasteiger partial charge in [-0.25, -0.2) is 8.42 Å². The number of sulfonamides is 1. The van der Waals surface area contributed by atoms with Gasteiger partial charge in [0.05, 0.1) is 4.90 Å². The predicted molar refractivity (Wildman–Crippen MR) is 122 cm³/mol. The Balaban J connectivity index is 1.49. The zero-order valence-corrected chi connectivity index (χ0v) is 18.7. The lowest BCUT2D eigenvalue weighted by Gasteiger charge is -2.16. The number of aryl methyl sites for hydroxylation is 2. The molecule has 8 heteroatoms. The van der Waals surface area contributed by atoms with Crippen molar-refractivity contribution in [3.63, 3.8) is 0 Å². The van der Waals surface area contributed by atoms with Crippen molar-refractivity contribution >= 4 is 38.7 Å². The minimum atomic E-state index is -4.02. The van der Waals surface area contributed by atoms with Gasteiger partial charge in [-0.05, 0) is 49.1 Å². The Morgan fingerprint density at radius 1 is 1.10 bits per heavy atom. The number of benzene rings is 2. The maximum atomic E-state index is 13.2. The summed E-state index contributed by atoms with van der Waals surface area (Å²) in [6.07, 6.45) is 3.78. The number of carbonyl (C=O) groups is 1. The highest BCUT2D eigenvalue weighted by Crippen LogP contribution is 2.35. The average Bonchev–Trinajstić information content (AvgIpc) is 3.15. The zero-order chi connectivity index (χ0) is 21.8. The molecular weight excluding hydrogens is 434 g/mol. The van der Waals surface area contributed by atoms with Crippen LogP contribution in [0.3, 0.4) is 0 Å². The summed E-state index contributed by atoms with van der Waals surface area (Å²) in [5.41, 5.74) is 2.63. The lowest BCUT2D eigenvalue weighted by molar-refractivity contribution is -0.139. The smallest absolute Gasteiger partial charge is 0.321 e. The van der Waals surface area contributed by atoms with Crippen LogP contribution in [-0.4, -0.2) is 31.3 Å². The third kappa shape index (κ3) is 4.97. The standard InChI is InChI=1S/C23H25NO5S2/c25-23(26)18(13-14-30-15-16-7-2-1-3-8-16)24-31(27,28)21-12-6-11-20-22(21)17-9-4-5-10-19(17)29-20/h1-3,6-8,11-12,18,24H,4-5,9-10,13-15H2,(H,25,26)/t18-/m1/s1. The Hall–Kier alpha value is -2.29. The second-order valence-corrected chi connectivity index (χ2v) is 10.5. The first kappa shape index (κ1) is 21.9. The highest BCUT2D eigenvalue weighted by Gasteiger charge is 2.29. The second kappa shape index (κ2) is 9.46. The van der Waals surface area contributed by atoms with Gasteiger partial charge in [0.1, 0.15) is 17.4 Å². The van der Waals surface area contributed by atoms with Gasteiger partial charge in [0.15, 0.2) is 0 Å². The molecule has 2 aromatic carbocycles. The number of rotatable bonds is 9. The molecule has 164 valence electrons. The number of nitrogens with one attached hydrogen (secondary N) is 1. The zero-order valence-electron chi connectivity index (χ0n) is 17.0. The van der Waals surface area contributed by atoms with E-state index in [4.69, 9.17) is 4.42 Å². The van der Waals surface area contributed by atoms with Crippen LogP contribution in [0, 0.1) is 0 Å². The highest BCUT2D eigenvalue weighted by atomic mass is 32.2. The van der Waals surface area contributed by atoms with E-state index in [0.717, 1.165) is 48.3 Å². The highest BCUT2D eigenvalue weighted by molar-refractivity contribution is 7.98. The number of aliphatic carboxylic acids is 1. The predicted octanol–water partition coefficient (Wildman–Crippen LogP) is 4.37. The van der Waals surface area contributed by atoms with E-state index in [9.17, 15) is 18.3 Å². The van der Waals surface area contributed by atoms with Gasteiger partial charge in [-0.1, -0.05) is 36.4 Å². The van der Waals surface area contributed by atoms with Crippen LogP contribution in [0.2, 0.25) is 0 Å². The maximum Gasteiger partial charge on any atom is 0.321 e. The second-order valence-electron chi connectivity index (χ2n) is 7.68. The van der Waals surface area contributed by atoms with Gasteiger partial charge >= 0.3 is 5.97 Å². The number of furan rings is 1. The summed E-state index contributed by atoms with van der Waals surface area (Å²) >= 11 is 1.58. The molecule has 0 fully saturated rings. The number of carboxylic acid groups (broad SMARTS) is 1. The fraction of sp³-hybridized carbons (Fsp3) is 0.348. The molecule has 3 aromatic rings. The summed E-state index contributed by atoms with van der Waals surface area (Å²) in [7, 11) is -4.02. The molecule has 0 saturated carbocycles. The summed E-state index contributed by atoms with van der Waals surface area (Å²) in [5.74, 6) is 0.946. The number of hydrogen-bond acceptors (Lipinski definition) is 5. The van der Waals surface area contributed by atoms with E-state index in [1.54, 1.807) is 23.9 Å². The summed E-state index contributed by atoms with van der Waals surface area (Å²) < 4.78 is 34.7. The normalized spacial score (nSPS) is 15.0. The van der Waals surface area contributed by atoms with Gasteiger partial charge in [0.2, 0.25) is 10.0 Å². The van der Waals surface area contributed by atoms with Crippen LogP contribution in [0.5, 0.6) is 0 Å².